The van der Waals surface area contributed by atoms with Crippen LogP contribution in [0.2, 0.25) is 0 Å². The van der Waals surface area contributed by atoms with Crippen LogP contribution in [0.5, 0.6) is 0 Å². The van der Waals surface area contributed by atoms with Crippen molar-refractivity contribution in [3.63, 3.8) is 0 Å². The van der Waals surface area contributed by atoms with Crippen LogP contribution in [-0.4, -0.2) is 26.5 Å². The normalized spacial score (nSPS) is 12.6. The van der Waals surface area contributed by atoms with E-state index in [1.165, 1.54) is 5.56 Å². The van der Waals surface area contributed by atoms with E-state index in [2.05, 4.69) is 45.3 Å². The van der Waals surface area contributed by atoms with E-state index in [0.717, 1.165) is 57.7 Å². The van der Waals surface area contributed by atoms with Gasteiger partial charge in [0.2, 0.25) is 0 Å². The average Bonchev–Trinajstić information content (AvgIpc) is 3.45. The molecule has 0 radical (unpaired) electrons. The summed E-state index contributed by atoms with van der Waals surface area (Å²) in [6, 6.07) is 14.6. The zero-order valence-corrected chi connectivity index (χ0v) is 15.4. The predicted molar refractivity (Wildman–Crippen MR) is 116 cm³/mol. The van der Waals surface area contributed by atoms with Crippen LogP contribution >= 0.6 is 0 Å². The van der Waals surface area contributed by atoms with E-state index >= 15 is 0 Å². The molecule has 5 heteroatoms. The minimum atomic E-state index is 0.682. The Bertz CT molecular complexity index is 1260. The van der Waals surface area contributed by atoms with Gasteiger partial charge in [0.15, 0.2) is 0 Å². The number of hydrogen-bond donors (Lipinski definition) is 3. The Kier molecular flexibility index (Phi) is 4.14. The largest absolute Gasteiger partial charge is 0.355 e. The maximum Gasteiger partial charge on any atom is 0.0659 e. The first-order valence-corrected chi connectivity index (χ1v) is 9.53. The molecule has 28 heavy (non-hydrogen) atoms. The van der Waals surface area contributed by atoms with Gasteiger partial charge in [-0.3, -0.25) is 0 Å². The van der Waals surface area contributed by atoms with Gasteiger partial charge < -0.3 is 15.7 Å². The third-order valence-corrected chi connectivity index (χ3v) is 4.90. The molecule has 4 N–H and O–H groups in total. The van der Waals surface area contributed by atoms with Gasteiger partial charge in [-0.15, -0.1) is 0 Å². The highest BCUT2D eigenvalue weighted by atomic mass is 14.8. The van der Waals surface area contributed by atoms with Crippen molar-refractivity contribution < 1.29 is 0 Å². The second kappa shape index (κ2) is 6.94. The smallest absolute Gasteiger partial charge is 0.0659 e. The molecule has 0 spiro atoms. The highest BCUT2D eigenvalue weighted by Gasteiger charge is 2.05. The summed E-state index contributed by atoms with van der Waals surface area (Å²) in [5.41, 5.74) is 14.9. The van der Waals surface area contributed by atoms with E-state index in [-0.39, 0.29) is 0 Å². The lowest BCUT2D eigenvalue weighted by molar-refractivity contribution is 0.838. The van der Waals surface area contributed by atoms with Crippen molar-refractivity contribution >= 4 is 46.4 Å². The quantitative estimate of drug-likeness (QED) is 0.437. The Balaban J connectivity index is 1.79. The van der Waals surface area contributed by atoms with Gasteiger partial charge in [-0.2, -0.15) is 0 Å². The number of aromatic nitrogens is 4. The van der Waals surface area contributed by atoms with Crippen LogP contribution in [0, 0.1) is 0 Å². The van der Waals surface area contributed by atoms with Gasteiger partial charge >= 0.3 is 0 Å². The van der Waals surface area contributed by atoms with Gasteiger partial charge in [0.1, 0.15) is 0 Å². The first kappa shape index (κ1) is 16.7. The number of hydrogen-bond acceptors (Lipinski definition) is 3. The van der Waals surface area contributed by atoms with Crippen molar-refractivity contribution in [3.8, 4) is 0 Å². The first-order valence-electron chi connectivity index (χ1n) is 9.53. The van der Waals surface area contributed by atoms with Crippen molar-refractivity contribution in [1.29, 1.82) is 0 Å². The highest BCUT2D eigenvalue weighted by molar-refractivity contribution is 5.78. The third-order valence-electron chi connectivity index (χ3n) is 4.90. The predicted octanol–water partition coefficient (Wildman–Crippen LogP) is 4.55. The molecule has 0 saturated heterocycles. The van der Waals surface area contributed by atoms with Gasteiger partial charge in [0.25, 0.3) is 0 Å². The van der Waals surface area contributed by atoms with Crippen LogP contribution < -0.4 is 5.73 Å². The Hall–Kier alpha value is -3.44. The van der Waals surface area contributed by atoms with Crippen molar-refractivity contribution in [3.05, 3.63) is 70.8 Å². The molecule has 0 aromatic carbocycles. The number of nitrogens with zero attached hydrogens (tertiary/aromatic N) is 2. The lowest BCUT2D eigenvalue weighted by Crippen LogP contribution is -1.99. The van der Waals surface area contributed by atoms with Crippen LogP contribution in [0.1, 0.15) is 34.8 Å². The van der Waals surface area contributed by atoms with E-state index in [1.54, 1.807) is 0 Å². The number of rotatable bonds is 3. The van der Waals surface area contributed by atoms with Crippen molar-refractivity contribution in [2.45, 2.75) is 12.8 Å². The topological polar surface area (TPSA) is 83.4 Å². The van der Waals surface area contributed by atoms with Crippen LogP contribution in [0.3, 0.4) is 0 Å². The number of H-pyrrole nitrogens is 2. The summed E-state index contributed by atoms with van der Waals surface area (Å²) in [5.74, 6) is 0. The van der Waals surface area contributed by atoms with Crippen LogP contribution in [0.25, 0.3) is 46.4 Å². The monoisotopic (exact) mass is 367 g/mol. The minimum absolute atomic E-state index is 0.682. The van der Waals surface area contributed by atoms with Crippen molar-refractivity contribution in [1.82, 2.24) is 19.9 Å². The molecule has 3 aromatic heterocycles. The summed E-state index contributed by atoms with van der Waals surface area (Å²) in [5, 5.41) is 0. The molecule has 5 nitrogen and oxygen atoms in total. The summed E-state index contributed by atoms with van der Waals surface area (Å²) < 4.78 is 0. The zero-order chi connectivity index (χ0) is 18.9. The molecule has 2 aliphatic rings. The molecule has 0 fully saturated rings. The summed E-state index contributed by atoms with van der Waals surface area (Å²) in [7, 11) is 0. The standard InChI is InChI=1S/C23H21N5/c24-9-1-2-15-10-22-13-20-6-5-18(26-20)11-16-3-4-17(25-16)12-19-7-8-21(27-19)14-23(15)28-22/h3-8,10-14,26,28H,1-2,9,24H2. The number of nitrogens with two attached hydrogens (primary N) is 1. The van der Waals surface area contributed by atoms with Gasteiger partial charge in [0.05, 0.1) is 22.8 Å². The average molecular weight is 367 g/mol. The maximum absolute atomic E-state index is 5.73. The van der Waals surface area contributed by atoms with Crippen LogP contribution in [0.15, 0.2) is 42.5 Å². The van der Waals surface area contributed by atoms with Crippen molar-refractivity contribution in [2.75, 3.05) is 6.54 Å². The molecule has 3 aromatic rings. The Morgan fingerprint density at radius 3 is 2.04 bits per heavy atom. The minimum Gasteiger partial charge on any atom is -0.355 e. The fraction of sp³-hybridized carbons (Fsp3) is 0.130. The van der Waals surface area contributed by atoms with Crippen molar-refractivity contribution in [2.24, 2.45) is 5.73 Å². The highest BCUT2D eigenvalue weighted by Crippen LogP contribution is 2.20. The van der Waals surface area contributed by atoms with Gasteiger partial charge in [-0.1, -0.05) is 0 Å². The van der Waals surface area contributed by atoms with E-state index in [9.17, 15) is 0 Å². The Morgan fingerprint density at radius 1 is 0.679 bits per heavy atom. The van der Waals surface area contributed by atoms with Crippen LogP contribution in [-0.2, 0) is 6.42 Å². The maximum atomic E-state index is 5.73. The molecule has 0 unspecified atom stereocenters. The Morgan fingerprint density at radius 2 is 1.32 bits per heavy atom. The summed E-state index contributed by atoms with van der Waals surface area (Å²) in [4.78, 5) is 16.3. The van der Waals surface area contributed by atoms with Gasteiger partial charge in [-0.25, -0.2) is 9.97 Å². The number of aromatic amines is 2. The fourth-order valence-electron chi connectivity index (χ4n) is 3.58. The first-order chi connectivity index (χ1) is 13.7. The van der Waals surface area contributed by atoms with E-state index < -0.39 is 0 Å². The zero-order valence-electron chi connectivity index (χ0n) is 15.4. The molecule has 138 valence electrons. The molecule has 5 heterocycles. The van der Waals surface area contributed by atoms with E-state index in [4.69, 9.17) is 10.7 Å². The Labute approximate surface area is 162 Å². The molecule has 5 rings (SSSR count). The lowest BCUT2D eigenvalue weighted by Gasteiger charge is -1.95. The second-order valence-corrected chi connectivity index (χ2v) is 7.09. The molecule has 8 bridgehead atoms. The number of fused-ring (bicyclic) bond motifs is 8. The molecular weight excluding hydrogens is 346 g/mol. The molecular formula is C23H21N5. The molecule has 0 amide bonds. The molecule has 2 aliphatic heterocycles. The molecule has 0 aliphatic carbocycles. The van der Waals surface area contributed by atoms with E-state index in [0.29, 0.717) is 6.54 Å². The summed E-state index contributed by atoms with van der Waals surface area (Å²) in [6.07, 6.45) is 9.99. The van der Waals surface area contributed by atoms with E-state index in [1.807, 2.05) is 36.4 Å². The number of aryl methyl sites for hydroxylation is 1. The summed E-state index contributed by atoms with van der Waals surface area (Å²) in [6.45, 7) is 0.682. The fourth-order valence-corrected chi connectivity index (χ4v) is 3.58. The lowest BCUT2D eigenvalue weighted by atomic mass is 10.1. The molecule has 0 atom stereocenters. The number of nitrogens with one attached hydrogen (secondary N) is 2. The SMILES string of the molecule is NCCCc1cc2cc3ccc(cc4nc(cc5nc(cc1[nH]2)C=C5)C=C4)[nH]3. The second-order valence-electron chi connectivity index (χ2n) is 7.09. The summed E-state index contributed by atoms with van der Waals surface area (Å²) >= 11 is 0. The molecule has 0 saturated carbocycles. The third kappa shape index (κ3) is 3.40. The van der Waals surface area contributed by atoms with Crippen LogP contribution in [0.4, 0.5) is 0 Å². The van der Waals surface area contributed by atoms with Gasteiger partial charge in [-0.05, 0) is 91.7 Å². The van der Waals surface area contributed by atoms with Gasteiger partial charge in [0, 0.05) is 22.1 Å².